The summed E-state index contributed by atoms with van der Waals surface area (Å²) in [6.07, 6.45) is 0.0929. The van der Waals surface area contributed by atoms with Crippen molar-refractivity contribution in [2.24, 2.45) is 0 Å². The highest BCUT2D eigenvalue weighted by molar-refractivity contribution is 8.01. The van der Waals surface area contributed by atoms with E-state index in [1.54, 1.807) is 29.6 Å². The third-order valence-corrected chi connectivity index (χ3v) is 5.67. The molecule has 2 amide bonds. The molecule has 2 N–H and O–H groups in total. The smallest absolute Gasteiger partial charge is 0.234 e. The molecular formula is C20H15FN4O2S2. The largest absolute Gasteiger partial charge is 0.326 e. The molecule has 0 bridgehead atoms. The zero-order valence-corrected chi connectivity index (χ0v) is 16.6. The average Bonchev–Trinajstić information content (AvgIpc) is 3.15. The fourth-order valence-corrected chi connectivity index (χ4v) is 3.97. The number of nitrogens with zero attached hydrogens (tertiary/aromatic N) is 2. The lowest BCUT2D eigenvalue weighted by molar-refractivity contribution is -0.116. The van der Waals surface area contributed by atoms with Crippen molar-refractivity contribution < 1.29 is 14.0 Å². The van der Waals surface area contributed by atoms with Gasteiger partial charge in [0.15, 0.2) is 4.34 Å². The molecule has 0 unspecified atom stereocenters. The van der Waals surface area contributed by atoms with E-state index in [9.17, 15) is 14.0 Å². The van der Waals surface area contributed by atoms with E-state index in [1.807, 2.05) is 6.07 Å². The van der Waals surface area contributed by atoms with Crippen LogP contribution in [-0.4, -0.2) is 22.6 Å². The van der Waals surface area contributed by atoms with Gasteiger partial charge in [0, 0.05) is 16.8 Å². The number of nitriles is 1. The van der Waals surface area contributed by atoms with E-state index >= 15 is 0 Å². The molecule has 6 nitrogen and oxygen atoms in total. The summed E-state index contributed by atoms with van der Waals surface area (Å²) in [5.74, 6) is -0.684. The Bertz CT molecular complexity index is 1060. The normalized spacial score (nSPS) is 10.2. The molecule has 0 radical (unpaired) electrons. The standard InChI is InChI=1S/C20H15FN4O2S2/c21-14-4-6-15(7-5-14)23-19(27)12-29-20-25-17(11-28-20)9-18(26)24-16-3-1-2-13(8-16)10-22/h1-8,11H,9,12H2,(H,23,27)(H,24,26). The molecular weight excluding hydrogens is 411 g/mol. The van der Waals surface area contributed by atoms with Crippen molar-refractivity contribution in [1.29, 1.82) is 5.26 Å². The Balaban J connectivity index is 1.47. The molecule has 0 saturated carbocycles. The number of nitrogens with one attached hydrogen (secondary N) is 2. The summed E-state index contributed by atoms with van der Waals surface area (Å²) in [6.45, 7) is 0. The fraction of sp³-hybridized carbons (Fsp3) is 0.100. The van der Waals surface area contributed by atoms with Crippen molar-refractivity contribution in [3.63, 3.8) is 0 Å². The number of hydrogen-bond acceptors (Lipinski definition) is 6. The van der Waals surface area contributed by atoms with Crippen molar-refractivity contribution in [2.75, 3.05) is 16.4 Å². The molecule has 29 heavy (non-hydrogen) atoms. The molecule has 0 atom stereocenters. The first-order valence-electron chi connectivity index (χ1n) is 8.44. The number of carbonyl (C=O) groups is 2. The van der Waals surface area contributed by atoms with E-state index in [1.165, 1.54) is 47.4 Å². The van der Waals surface area contributed by atoms with Gasteiger partial charge in [0.25, 0.3) is 0 Å². The molecule has 0 aliphatic carbocycles. The molecule has 3 aromatic rings. The van der Waals surface area contributed by atoms with Crippen LogP contribution in [0, 0.1) is 17.1 Å². The van der Waals surface area contributed by atoms with E-state index in [4.69, 9.17) is 5.26 Å². The second-order valence-corrected chi connectivity index (χ2v) is 7.95. The number of aromatic nitrogens is 1. The molecule has 3 rings (SSSR count). The summed E-state index contributed by atoms with van der Waals surface area (Å²) in [5.41, 5.74) is 2.14. The number of thioether (sulfide) groups is 1. The van der Waals surface area contributed by atoms with Crippen LogP contribution in [0.1, 0.15) is 11.3 Å². The van der Waals surface area contributed by atoms with Crippen molar-refractivity contribution in [3.8, 4) is 6.07 Å². The predicted octanol–water partition coefficient (Wildman–Crippen LogP) is 4.07. The van der Waals surface area contributed by atoms with Crippen LogP contribution >= 0.6 is 23.1 Å². The molecule has 0 spiro atoms. The fourth-order valence-electron chi connectivity index (χ4n) is 2.33. The van der Waals surface area contributed by atoms with Crippen molar-refractivity contribution in [1.82, 2.24) is 4.98 Å². The van der Waals surface area contributed by atoms with Gasteiger partial charge >= 0.3 is 0 Å². The van der Waals surface area contributed by atoms with Crippen LogP contribution in [0.25, 0.3) is 0 Å². The SMILES string of the molecule is N#Cc1cccc(NC(=O)Cc2csc(SCC(=O)Nc3ccc(F)cc3)n2)c1. The number of rotatable bonds is 7. The van der Waals surface area contributed by atoms with E-state index in [0.717, 1.165) is 0 Å². The van der Waals surface area contributed by atoms with Gasteiger partial charge in [0.05, 0.1) is 29.5 Å². The second-order valence-electron chi connectivity index (χ2n) is 5.87. The highest BCUT2D eigenvalue weighted by Gasteiger charge is 2.11. The Morgan fingerprint density at radius 1 is 1.10 bits per heavy atom. The number of amides is 2. The van der Waals surface area contributed by atoms with E-state index in [-0.39, 0.29) is 29.8 Å². The zero-order valence-electron chi connectivity index (χ0n) is 15.0. The Kier molecular flexibility index (Phi) is 6.94. The molecule has 1 heterocycles. The van der Waals surface area contributed by atoms with Crippen molar-refractivity contribution in [3.05, 3.63) is 71.0 Å². The van der Waals surface area contributed by atoms with E-state index in [0.29, 0.717) is 27.0 Å². The topological polar surface area (TPSA) is 94.9 Å². The van der Waals surface area contributed by atoms with Gasteiger partial charge in [-0.15, -0.1) is 11.3 Å². The first-order chi connectivity index (χ1) is 14.0. The highest BCUT2D eigenvalue weighted by Crippen LogP contribution is 2.23. The van der Waals surface area contributed by atoms with Crippen molar-refractivity contribution in [2.45, 2.75) is 10.8 Å². The first-order valence-corrected chi connectivity index (χ1v) is 10.3. The van der Waals surface area contributed by atoms with Crippen LogP contribution < -0.4 is 10.6 Å². The van der Waals surface area contributed by atoms with Crippen LogP contribution in [0.3, 0.4) is 0 Å². The molecule has 2 aromatic carbocycles. The minimum absolute atomic E-state index is 0.0929. The Labute approximate surface area is 174 Å². The van der Waals surface area contributed by atoms with Gasteiger partial charge in [-0.05, 0) is 42.5 Å². The number of thiazole rings is 1. The molecule has 1 aromatic heterocycles. The minimum Gasteiger partial charge on any atom is -0.326 e. The molecule has 146 valence electrons. The van der Waals surface area contributed by atoms with Gasteiger partial charge in [-0.25, -0.2) is 9.37 Å². The number of carbonyl (C=O) groups excluding carboxylic acids is 2. The molecule has 0 fully saturated rings. The summed E-state index contributed by atoms with van der Waals surface area (Å²) >= 11 is 2.61. The predicted molar refractivity (Wildman–Crippen MR) is 111 cm³/mol. The van der Waals surface area contributed by atoms with Gasteiger partial charge in [0.2, 0.25) is 11.8 Å². The Morgan fingerprint density at radius 2 is 1.86 bits per heavy atom. The quantitative estimate of drug-likeness (QED) is 0.556. The van der Waals surface area contributed by atoms with Crippen LogP contribution in [0.2, 0.25) is 0 Å². The molecule has 9 heteroatoms. The highest BCUT2D eigenvalue weighted by atomic mass is 32.2. The van der Waals surface area contributed by atoms with Gasteiger partial charge in [-0.2, -0.15) is 5.26 Å². The summed E-state index contributed by atoms with van der Waals surface area (Å²) in [4.78, 5) is 28.5. The number of hydrogen-bond donors (Lipinski definition) is 2. The van der Waals surface area contributed by atoms with Gasteiger partial charge in [-0.3, -0.25) is 9.59 Å². The summed E-state index contributed by atoms with van der Waals surface area (Å²) < 4.78 is 13.6. The van der Waals surface area contributed by atoms with E-state index < -0.39 is 0 Å². The summed E-state index contributed by atoms with van der Waals surface area (Å²) in [6, 6.07) is 14.2. The lowest BCUT2D eigenvalue weighted by Crippen LogP contribution is -2.15. The average molecular weight is 426 g/mol. The molecule has 0 aliphatic rings. The summed E-state index contributed by atoms with van der Waals surface area (Å²) in [5, 5.41) is 16.1. The third-order valence-electron chi connectivity index (χ3n) is 3.60. The molecule has 0 saturated heterocycles. The maximum Gasteiger partial charge on any atom is 0.234 e. The van der Waals surface area contributed by atoms with Crippen molar-refractivity contribution >= 4 is 46.3 Å². The Hall–Kier alpha value is -3.22. The summed E-state index contributed by atoms with van der Waals surface area (Å²) in [7, 11) is 0. The number of halogens is 1. The van der Waals surface area contributed by atoms with E-state index in [2.05, 4.69) is 15.6 Å². The minimum atomic E-state index is -0.366. The van der Waals surface area contributed by atoms with Crippen LogP contribution in [0.4, 0.5) is 15.8 Å². The maximum absolute atomic E-state index is 12.9. The van der Waals surface area contributed by atoms with Crippen LogP contribution in [-0.2, 0) is 16.0 Å². The van der Waals surface area contributed by atoms with Crippen LogP contribution in [0.15, 0.2) is 58.3 Å². The van der Waals surface area contributed by atoms with Gasteiger partial charge < -0.3 is 10.6 Å². The Morgan fingerprint density at radius 3 is 2.62 bits per heavy atom. The van der Waals surface area contributed by atoms with Gasteiger partial charge in [-0.1, -0.05) is 17.8 Å². The second kappa shape index (κ2) is 9.82. The first kappa shape index (κ1) is 20.5. The lowest BCUT2D eigenvalue weighted by atomic mass is 10.2. The lowest BCUT2D eigenvalue weighted by Gasteiger charge is -2.04. The third kappa shape index (κ3) is 6.41. The molecule has 0 aliphatic heterocycles. The van der Waals surface area contributed by atoms with Crippen LogP contribution in [0.5, 0.6) is 0 Å². The zero-order chi connectivity index (χ0) is 20.6. The van der Waals surface area contributed by atoms with Gasteiger partial charge in [0.1, 0.15) is 5.82 Å². The maximum atomic E-state index is 12.9. The number of benzene rings is 2. The monoisotopic (exact) mass is 426 g/mol. The number of anilines is 2.